The van der Waals surface area contributed by atoms with Crippen LogP contribution in [0.5, 0.6) is 0 Å². The highest BCUT2D eigenvalue weighted by Gasteiger charge is 2.60. The number of fused-ring (bicyclic) bond motifs is 1. The number of β-lactam (4-membered cyclic amide) rings is 1. The van der Waals surface area contributed by atoms with Crippen molar-refractivity contribution in [2.45, 2.75) is 55.2 Å². The topological polar surface area (TPSA) is 96.3 Å². The van der Waals surface area contributed by atoms with Gasteiger partial charge in [0.15, 0.2) is 5.12 Å². The number of aliphatic carboxylic acids is 1. The van der Waals surface area contributed by atoms with Crippen molar-refractivity contribution in [2.75, 3.05) is 20.6 Å². The number of hydrogen-bond acceptors (Lipinski definition) is 7. The van der Waals surface area contributed by atoms with E-state index in [2.05, 4.69) is 5.32 Å². The third kappa shape index (κ3) is 3.21. The van der Waals surface area contributed by atoms with Gasteiger partial charge in [-0.15, -0.1) is 11.8 Å². The Hall–Kier alpha value is -1.42. The number of aliphatic hydroxyl groups excluding tert-OH is 1. The lowest BCUT2D eigenvalue weighted by molar-refractivity contribution is -0.163. The summed E-state index contributed by atoms with van der Waals surface area (Å²) in [5.74, 6) is -2.00. The average molecular weight is 457 g/mol. The minimum atomic E-state index is -1.08. The number of thioether (sulfide) groups is 1. The maximum absolute atomic E-state index is 12.5. The molecule has 30 heavy (non-hydrogen) atoms. The van der Waals surface area contributed by atoms with E-state index in [1.165, 1.54) is 4.90 Å². The van der Waals surface area contributed by atoms with Crippen molar-refractivity contribution in [2.24, 2.45) is 11.8 Å². The molecule has 0 unspecified atom stereocenters. The van der Waals surface area contributed by atoms with Crippen LogP contribution in [0, 0.1) is 11.8 Å². The number of nitrogens with zero attached hydrogens (tertiary/aromatic N) is 3. The summed E-state index contributed by atoms with van der Waals surface area (Å²) in [6, 6.07) is -0.0616. The van der Waals surface area contributed by atoms with E-state index in [1.807, 2.05) is 43.2 Å². The van der Waals surface area contributed by atoms with E-state index in [1.54, 1.807) is 18.7 Å². The van der Waals surface area contributed by atoms with Gasteiger partial charge in [0.1, 0.15) is 5.70 Å². The van der Waals surface area contributed by atoms with Crippen molar-refractivity contribution in [3.63, 3.8) is 0 Å². The number of aliphatic hydroxyl groups is 1. The number of nitrogens with one attached hydrogen (secondary N) is 1. The zero-order valence-electron chi connectivity index (χ0n) is 17.6. The number of carboxylic acid groups (broad SMARTS) is 1. The average Bonchev–Trinajstić information content (AvgIpc) is 3.27. The molecule has 4 aliphatic rings. The van der Waals surface area contributed by atoms with Gasteiger partial charge >= 0.3 is 5.97 Å². The molecule has 2 fully saturated rings. The summed E-state index contributed by atoms with van der Waals surface area (Å²) in [6.45, 7) is 4.31. The van der Waals surface area contributed by atoms with Crippen molar-refractivity contribution in [3.05, 3.63) is 23.0 Å². The number of carbonyl (C=O) groups excluding carboxylic acids is 1. The molecule has 8 nitrogen and oxygen atoms in total. The molecule has 166 valence electrons. The third-order valence-corrected chi connectivity index (χ3v) is 9.09. The molecule has 10 heteroatoms. The summed E-state index contributed by atoms with van der Waals surface area (Å²) in [5, 5.41) is 22.9. The second-order valence-electron chi connectivity index (χ2n) is 8.80. The largest absolute Gasteiger partial charge is 0.477 e. The molecule has 0 aromatic carbocycles. The highest BCUT2D eigenvalue weighted by Crippen LogP contribution is 2.52. The quantitative estimate of drug-likeness (QED) is 0.312. The zero-order chi connectivity index (χ0) is 22.0. The smallest absolute Gasteiger partial charge is 0.353 e. The van der Waals surface area contributed by atoms with Gasteiger partial charge in [-0.05, 0) is 13.3 Å². The molecule has 4 heterocycles. The molecule has 6 atom stereocenters. The van der Waals surface area contributed by atoms with Crippen LogP contribution in [0.2, 0.25) is 0 Å². The molecule has 0 aromatic rings. The van der Waals surface area contributed by atoms with E-state index in [0.717, 1.165) is 24.3 Å². The maximum Gasteiger partial charge on any atom is 0.353 e. The lowest BCUT2D eigenvalue weighted by Crippen LogP contribution is -2.63. The van der Waals surface area contributed by atoms with Crippen molar-refractivity contribution >= 4 is 35.2 Å². The molecule has 2 saturated heterocycles. The number of carboxylic acids is 1. The van der Waals surface area contributed by atoms with Crippen LogP contribution in [0.4, 0.5) is 0 Å². The van der Waals surface area contributed by atoms with Gasteiger partial charge in [0.2, 0.25) is 5.91 Å². The monoisotopic (exact) mass is 456 g/mol. The van der Waals surface area contributed by atoms with Crippen LogP contribution in [-0.2, 0) is 9.59 Å². The molecular formula is C20H29ClN4O4S. The Balaban J connectivity index is 1.46. The fraction of sp³-hybridized carbons (Fsp3) is 0.700. The first-order valence-electron chi connectivity index (χ1n) is 10.3. The Labute approximate surface area is 185 Å². The SMILES string of the molecule is C[C@@H](O)[C@H]1C(=O)N2C(C(=O)O)=C(S[C@@H]3CN[C@H](CC4(Cl)N(C)C=CN4C)C3)[C@H](C)[C@H]12. The Kier molecular flexibility index (Phi) is 5.53. The second-order valence-corrected chi connectivity index (χ2v) is 10.7. The number of amides is 1. The highest BCUT2D eigenvalue weighted by atomic mass is 35.5. The van der Waals surface area contributed by atoms with Gasteiger partial charge in [0, 0.05) is 61.6 Å². The fourth-order valence-corrected chi connectivity index (χ4v) is 6.98. The van der Waals surface area contributed by atoms with Crippen molar-refractivity contribution in [3.8, 4) is 0 Å². The van der Waals surface area contributed by atoms with Crippen LogP contribution < -0.4 is 5.32 Å². The highest BCUT2D eigenvalue weighted by molar-refractivity contribution is 8.03. The van der Waals surface area contributed by atoms with Gasteiger partial charge in [-0.2, -0.15) is 0 Å². The molecule has 0 bridgehead atoms. The second kappa shape index (κ2) is 7.62. The molecule has 0 saturated carbocycles. The predicted octanol–water partition coefficient (Wildman–Crippen LogP) is 1.23. The van der Waals surface area contributed by atoms with Crippen molar-refractivity contribution in [1.29, 1.82) is 0 Å². The van der Waals surface area contributed by atoms with Crippen LogP contribution in [-0.4, -0.2) is 86.0 Å². The molecule has 0 spiro atoms. The molecule has 4 rings (SSSR count). The van der Waals surface area contributed by atoms with Gasteiger partial charge in [-0.1, -0.05) is 18.5 Å². The Morgan fingerprint density at radius 1 is 1.40 bits per heavy atom. The van der Waals surface area contributed by atoms with E-state index < -0.39 is 23.1 Å². The molecule has 0 aliphatic carbocycles. The van der Waals surface area contributed by atoms with Crippen LogP contribution in [0.15, 0.2) is 23.0 Å². The summed E-state index contributed by atoms with van der Waals surface area (Å²) in [5.41, 5.74) is 0.0936. The van der Waals surface area contributed by atoms with E-state index in [9.17, 15) is 19.8 Å². The predicted molar refractivity (Wildman–Crippen MR) is 115 cm³/mol. The number of hydrogen-bond donors (Lipinski definition) is 3. The van der Waals surface area contributed by atoms with Crippen LogP contribution in [0.1, 0.15) is 26.7 Å². The molecular weight excluding hydrogens is 428 g/mol. The number of halogens is 1. The minimum Gasteiger partial charge on any atom is -0.477 e. The van der Waals surface area contributed by atoms with E-state index in [4.69, 9.17) is 11.6 Å². The molecule has 3 N–H and O–H groups in total. The van der Waals surface area contributed by atoms with E-state index in [0.29, 0.717) is 0 Å². The van der Waals surface area contributed by atoms with Gasteiger partial charge < -0.3 is 30.2 Å². The zero-order valence-corrected chi connectivity index (χ0v) is 19.2. The Morgan fingerprint density at radius 2 is 2.03 bits per heavy atom. The summed E-state index contributed by atoms with van der Waals surface area (Å²) in [4.78, 5) is 30.6. The summed E-state index contributed by atoms with van der Waals surface area (Å²) >= 11 is 8.41. The summed E-state index contributed by atoms with van der Waals surface area (Å²) in [6.07, 6.45) is 4.72. The van der Waals surface area contributed by atoms with Crippen LogP contribution in [0.3, 0.4) is 0 Å². The maximum atomic E-state index is 12.5. The van der Waals surface area contributed by atoms with Gasteiger partial charge in [0.05, 0.1) is 18.1 Å². The fourth-order valence-electron chi connectivity index (χ4n) is 5.16. The molecule has 0 radical (unpaired) electrons. The number of carbonyl (C=O) groups is 2. The first-order valence-corrected chi connectivity index (χ1v) is 11.5. The lowest BCUT2D eigenvalue weighted by atomic mass is 9.79. The third-order valence-electron chi connectivity index (χ3n) is 6.89. The van der Waals surface area contributed by atoms with Crippen molar-refractivity contribution < 1.29 is 19.8 Å². The minimum absolute atomic E-state index is 0.0936. The van der Waals surface area contributed by atoms with Crippen LogP contribution >= 0.6 is 23.4 Å². The number of rotatable bonds is 6. The number of alkyl halides is 1. The molecule has 4 aliphatic heterocycles. The molecule has 1 amide bonds. The first kappa shape index (κ1) is 21.8. The molecule has 0 aromatic heterocycles. The Bertz CT molecular complexity index is 807. The van der Waals surface area contributed by atoms with Gasteiger partial charge in [0.25, 0.3) is 0 Å². The summed E-state index contributed by atoms with van der Waals surface area (Å²) < 4.78 is 0. The van der Waals surface area contributed by atoms with E-state index in [-0.39, 0.29) is 34.9 Å². The van der Waals surface area contributed by atoms with Gasteiger partial charge in [-0.3, -0.25) is 4.79 Å². The van der Waals surface area contributed by atoms with Crippen LogP contribution in [0.25, 0.3) is 0 Å². The standard InChI is InChI=1S/C20H29ClN4O4S/c1-10-15-14(11(2)26)18(27)25(15)16(19(28)29)17(10)30-13-7-12(22-9-13)8-20(21)23(3)5-6-24(20)4/h5-6,10-15,22,26H,7-9H2,1-4H3,(H,28,29)/t10-,11-,12+,13+,14-,15-/m1/s1. The normalized spacial score (nSPS) is 35.9. The van der Waals surface area contributed by atoms with Crippen molar-refractivity contribution in [1.82, 2.24) is 20.0 Å². The van der Waals surface area contributed by atoms with E-state index >= 15 is 0 Å². The Morgan fingerprint density at radius 3 is 2.60 bits per heavy atom. The lowest BCUT2D eigenvalue weighted by Gasteiger charge is -2.46. The summed E-state index contributed by atoms with van der Waals surface area (Å²) in [7, 11) is 3.91. The van der Waals surface area contributed by atoms with Gasteiger partial charge in [-0.25, -0.2) is 4.79 Å². The first-order chi connectivity index (χ1) is 14.1.